The van der Waals surface area contributed by atoms with Crippen molar-refractivity contribution in [2.24, 2.45) is 0 Å². The van der Waals surface area contributed by atoms with Crippen LogP contribution in [0.2, 0.25) is 10.0 Å². The Labute approximate surface area is 230 Å². The van der Waals surface area contributed by atoms with E-state index in [-0.39, 0.29) is 31.0 Å². The van der Waals surface area contributed by atoms with E-state index in [4.69, 9.17) is 27.9 Å². The summed E-state index contributed by atoms with van der Waals surface area (Å²) in [5.41, 5.74) is 2.48. The number of aryl methyl sites for hydroxylation is 1. The van der Waals surface area contributed by atoms with Crippen molar-refractivity contribution in [1.82, 2.24) is 10.2 Å². The highest BCUT2D eigenvalue weighted by Gasteiger charge is 2.32. The lowest BCUT2D eigenvalue weighted by Gasteiger charge is -2.32. The monoisotopic (exact) mass is 590 g/mol. The van der Waals surface area contributed by atoms with E-state index >= 15 is 0 Å². The molecule has 0 aromatic heterocycles. The number of amides is 2. The maximum absolute atomic E-state index is 13.6. The zero-order valence-corrected chi connectivity index (χ0v) is 23.5. The topological polar surface area (TPSA) is 58.6 Å². The van der Waals surface area contributed by atoms with E-state index in [0.717, 1.165) is 15.6 Å². The largest absolute Gasteiger partial charge is 0.484 e. The van der Waals surface area contributed by atoms with Crippen LogP contribution in [0.4, 0.5) is 0 Å². The molecule has 1 atom stereocenters. The summed E-state index contributed by atoms with van der Waals surface area (Å²) in [5, 5.41) is 3.80. The average molecular weight is 592 g/mol. The number of benzene rings is 3. The van der Waals surface area contributed by atoms with Gasteiger partial charge in [-0.2, -0.15) is 0 Å². The van der Waals surface area contributed by atoms with E-state index < -0.39 is 6.04 Å². The van der Waals surface area contributed by atoms with Crippen molar-refractivity contribution in [3.8, 4) is 5.75 Å². The summed E-state index contributed by atoms with van der Waals surface area (Å²) in [6.07, 6.45) is 0.324. The van der Waals surface area contributed by atoms with Crippen molar-refractivity contribution in [2.75, 3.05) is 6.61 Å². The smallest absolute Gasteiger partial charge is 0.261 e. The number of carbonyl (C=O) groups excluding carboxylic acids is 2. The Hall–Kier alpha value is -2.54. The first-order chi connectivity index (χ1) is 17.2. The number of carbonyl (C=O) groups is 2. The molecule has 8 heteroatoms. The minimum atomic E-state index is -0.801. The Balaban J connectivity index is 1.96. The standard InChI is InChI=1S/C28H29BrCl2N2O3/c1-18(2)32-28(35)26(15-20-8-5-4-6-9-20)33(16-22-24(30)10-7-11-25(22)31)27(34)17-36-21-12-13-23(29)19(3)14-21/h4-14,18,26H,15-17H2,1-3H3,(H,32,35). The summed E-state index contributed by atoms with van der Waals surface area (Å²) < 4.78 is 6.78. The second-order valence-electron chi connectivity index (χ2n) is 8.79. The third-order valence-corrected chi connectivity index (χ3v) is 7.18. The Bertz CT molecular complexity index is 1180. The molecule has 0 aliphatic carbocycles. The van der Waals surface area contributed by atoms with Gasteiger partial charge in [0.1, 0.15) is 11.8 Å². The lowest BCUT2D eigenvalue weighted by molar-refractivity contribution is -0.143. The summed E-state index contributed by atoms with van der Waals surface area (Å²) in [7, 11) is 0. The van der Waals surface area contributed by atoms with E-state index in [1.54, 1.807) is 24.3 Å². The molecule has 5 nitrogen and oxygen atoms in total. The van der Waals surface area contributed by atoms with Crippen molar-refractivity contribution in [3.63, 3.8) is 0 Å². The van der Waals surface area contributed by atoms with Gasteiger partial charge in [0.2, 0.25) is 5.91 Å². The first kappa shape index (κ1) is 28.0. The van der Waals surface area contributed by atoms with Gasteiger partial charge in [0.05, 0.1) is 0 Å². The molecule has 0 bridgehead atoms. The van der Waals surface area contributed by atoms with Gasteiger partial charge >= 0.3 is 0 Å². The van der Waals surface area contributed by atoms with Crippen LogP contribution < -0.4 is 10.1 Å². The highest BCUT2D eigenvalue weighted by molar-refractivity contribution is 9.10. The van der Waals surface area contributed by atoms with E-state index in [0.29, 0.717) is 27.8 Å². The van der Waals surface area contributed by atoms with E-state index in [1.807, 2.05) is 63.2 Å². The summed E-state index contributed by atoms with van der Waals surface area (Å²) >= 11 is 16.4. The van der Waals surface area contributed by atoms with Crippen LogP contribution in [0.25, 0.3) is 0 Å². The average Bonchev–Trinajstić information content (AvgIpc) is 2.83. The van der Waals surface area contributed by atoms with Gasteiger partial charge in [-0.3, -0.25) is 9.59 Å². The predicted molar refractivity (Wildman–Crippen MR) is 149 cm³/mol. The maximum atomic E-state index is 13.6. The molecule has 0 aliphatic rings. The molecule has 0 radical (unpaired) electrons. The number of hydrogen-bond acceptors (Lipinski definition) is 3. The van der Waals surface area contributed by atoms with Crippen LogP contribution in [0.5, 0.6) is 5.75 Å². The summed E-state index contributed by atoms with van der Waals surface area (Å²) in [6, 6.07) is 19.4. The van der Waals surface area contributed by atoms with E-state index in [2.05, 4.69) is 21.2 Å². The number of nitrogens with zero attached hydrogens (tertiary/aromatic N) is 1. The van der Waals surface area contributed by atoms with Crippen LogP contribution in [-0.2, 0) is 22.6 Å². The number of ether oxygens (including phenoxy) is 1. The Kier molecular flexibility index (Phi) is 10.2. The molecule has 36 heavy (non-hydrogen) atoms. The van der Waals surface area contributed by atoms with E-state index in [1.165, 1.54) is 4.90 Å². The molecule has 3 aromatic carbocycles. The van der Waals surface area contributed by atoms with Gasteiger partial charge < -0.3 is 15.0 Å². The van der Waals surface area contributed by atoms with Crippen LogP contribution in [0, 0.1) is 6.92 Å². The lowest BCUT2D eigenvalue weighted by atomic mass is 10.0. The van der Waals surface area contributed by atoms with Crippen LogP contribution in [0.3, 0.4) is 0 Å². The van der Waals surface area contributed by atoms with Crippen LogP contribution in [0.1, 0.15) is 30.5 Å². The van der Waals surface area contributed by atoms with Gasteiger partial charge in [-0.1, -0.05) is 75.5 Å². The zero-order chi connectivity index (χ0) is 26.2. The Morgan fingerprint density at radius 2 is 1.67 bits per heavy atom. The van der Waals surface area contributed by atoms with Crippen LogP contribution in [-0.4, -0.2) is 35.4 Å². The second-order valence-corrected chi connectivity index (χ2v) is 10.5. The van der Waals surface area contributed by atoms with Crippen LogP contribution >= 0.6 is 39.1 Å². The molecular formula is C28H29BrCl2N2O3. The minimum absolute atomic E-state index is 0.0586. The van der Waals surface area contributed by atoms with Gasteiger partial charge in [0.15, 0.2) is 6.61 Å². The van der Waals surface area contributed by atoms with Gasteiger partial charge in [0, 0.05) is 39.1 Å². The number of halogens is 3. The van der Waals surface area contributed by atoms with Gasteiger partial charge in [-0.25, -0.2) is 0 Å². The Morgan fingerprint density at radius 1 is 1.00 bits per heavy atom. The lowest BCUT2D eigenvalue weighted by Crippen LogP contribution is -2.52. The van der Waals surface area contributed by atoms with Crippen molar-refractivity contribution in [2.45, 2.75) is 45.8 Å². The highest BCUT2D eigenvalue weighted by atomic mass is 79.9. The fourth-order valence-corrected chi connectivity index (χ4v) is 4.49. The zero-order valence-electron chi connectivity index (χ0n) is 20.4. The van der Waals surface area contributed by atoms with Crippen molar-refractivity contribution >= 4 is 50.9 Å². The molecule has 1 N–H and O–H groups in total. The third-order valence-electron chi connectivity index (χ3n) is 5.58. The van der Waals surface area contributed by atoms with Crippen molar-refractivity contribution < 1.29 is 14.3 Å². The SMILES string of the molecule is Cc1cc(OCC(=O)N(Cc2c(Cl)cccc2Cl)C(Cc2ccccc2)C(=O)NC(C)C)ccc1Br. The fourth-order valence-electron chi connectivity index (χ4n) is 3.72. The molecule has 0 aliphatic heterocycles. The predicted octanol–water partition coefficient (Wildman–Crippen LogP) is 6.61. The summed E-state index contributed by atoms with van der Waals surface area (Å²) in [6.45, 7) is 5.52. The first-order valence-electron chi connectivity index (χ1n) is 11.6. The molecule has 190 valence electrons. The van der Waals surface area contributed by atoms with Crippen LogP contribution in [0.15, 0.2) is 71.2 Å². The fraction of sp³-hybridized carbons (Fsp3) is 0.286. The van der Waals surface area contributed by atoms with Crippen molar-refractivity contribution in [3.05, 3.63) is 97.9 Å². The number of rotatable bonds is 10. The molecule has 0 fully saturated rings. The van der Waals surface area contributed by atoms with Crippen molar-refractivity contribution in [1.29, 1.82) is 0 Å². The maximum Gasteiger partial charge on any atom is 0.261 e. The molecule has 2 amide bonds. The third kappa shape index (κ3) is 7.73. The normalized spacial score (nSPS) is 11.8. The molecule has 0 saturated carbocycles. The summed E-state index contributed by atoms with van der Waals surface area (Å²) in [5.74, 6) is -0.0534. The van der Waals surface area contributed by atoms with Gasteiger partial charge in [-0.05, 0) is 62.2 Å². The molecule has 0 saturated heterocycles. The number of hydrogen-bond donors (Lipinski definition) is 1. The molecular weight excluding hydrogens is 563 g/mol. The summed E-state index contributed by atoms with van der Waals surface area (Å²) in [4.78, 5) is 28.5. The molecule has 0 heterocycles. The molecule has 1 unspecified atom stereocenters. The molecule has 3 aromatic rings. The minimum Gasteiger partial charge on any atom is -0.484 e. The first-order valence-corrected chi connectivity index (χ1v) is 13.2. The van der Waals surface area contributed by atoms with Gasteiger partial charge in [-0.15, -0.1) is 0 Å². The quantitative estimate of drug-likeness (QED) is 0.289. The number of nitrogens with one attached hydrogen (secondary N) is 1. The second kappa shape index (κ2) is 13.1. The van der Waals surface area contributed by atoms with Gasteiger partial charge in [0.25, 0.3) is 5.91 Å². The highest BCUT2D eigenvalue weighted by Crippen LogP contribution is 2.28. The Morgan fingerprint density at radius 3 is 2.28 bits per heavy atom. The molecule has 0 spiro atoms. The van der Waals surface area contributed by atoms with E-state index in [9.17, 15) is 9.59 Å². The molecule has 3 rings (SSSR count).